The van der Waals surface area contributed by atoms with Crippen LogP contribution in [0.1, 0.15) is 31.7 Å². The maximum absolute atomic E-state index is 12.9. The van der Waals surface area contributed by atoms with Gasteiger partial charge in [-0.15, -0.1) is 0 Å². The van der Waals surface area contributed by atoms with Gasteiger partial charge in [0.25, 0.3) is 5.56 Å². The zero-order valence-corrected chi connectivity index (χ0v) is 18.9. The Morgan fingerprint density at radius 1 is 1.24 bits per heavy atom. The van der Waals surface area contributed by atoms with Crippen molar-refractivity contribution in [2.24, 2.45) is 0 Å². The lowest BCUT2D eigenvalue weighted by Crippen LogP contribution is -2.29. The van der Waals surface area contributed by atoms with E-state index in [1.54, 1.807) is 10.6 Å². The van der Waals surface area contributed by atoms with Crippen LogP contribution in [-0.4, -0.2) is 27.8 Å². The van der Waals surface area contributed by atoms with E-state index < -0.39 is 0 Å². The predicted molar refractivity (Wildman–Crippen MR) is 123 cm³/mol. The molecule has 0 saturated carbocycles. The number of amides is 1. The third kappa shape index (κ3) is 5.48. The van der Waals surface area contributed by atoms with Crippen molar-refractivity contribution in [1.29, 1.82) is 0 Å². The number of fused-ring (bicyclic) bond motifs is 1. The van der Waals surface area contributed by atoms with E-state index in [1.165, 1.54) is 17.3 Å². The van der Waals surface area contributed by atoms with Crippen molar-refractivity contribution in [3.63, 3.8) is 0 Å². The minimum atomic E-state index is -0.0706. The Bertz CT molecular complexity index is 1050. The highest BCUT2D eigenvalue weighted by molar-refractivity contribution is 9.10. The second kappa shape index (κ2) is 10.1. The fourth-order valence-corrected chi connectivity index (χ4v) is 4.27. The second-order valence-corrected chi connectivity index (χ2v) is 8.78. The van der Waals surface area contributed by atoms with E-state index >= 15 is 0 Å². The molecule has 0 aliphatic rings. The Balaban J connectivity index is 1.69. The molecule has 0 bridgehead atoms. The summed E-state index contributed by atoms with van der Waals surface area (Å²) < 4.78 is 2.51. The van der Waals surface area contributed by atoms with E-state index in [0.29, 0.717) is 29.1 Å². The SMILES string of the molecule is CCCn1c(SCC(=O)NCC(C)c2ccccc2)nc2ccc(Br)cc2c1=O. The molecular formula is C22H24BrN3O2S. The van der Waals surface area contributed by atoms with E-state index in [4.69, 9.17) is 0 Å². The number of thioether (sulfide) groups is 1. The van der Waals surface area contributed by atoms with Crippen LogP contribution in [0.4, 0.5) is 0 Å². The topological polar surface area (TPSA) is 64.0 Å². The van der Waals surface area contributed by atoms with Gasteiger partial charge in [-0.3, -0.25) is 14.2 Å². The molecule has 1 heterocycles. The van der Waals surface area contributed by atoms with Crippen molar-refractivity contribution < 1.29 is 4.79 Å². The van der Waals surface area contributed by atoms with Crippen LogP contribution >= 0.6 is 27.7 Å². The van der Waals surface area contributed by atoms with Gasteiger partial charge in [0.2, 0.25) is 5.91 Å². The Kier molecular flexibility index (Phi) is 7.50. The van der Waals surface area contributed by atoms with Gasteiger partial charge in [0.05, 0.1) is 16.7 Å². The molecule has 152 valence electrons. The maximum atomic E-state index is 12.9. The second-order valence-electron chi connectivity index (χ2n) is 6.92. The summed E-state index contributed by atoms with van der Waals surface area (Å²) in [6.07, 6.45) is 0.815. The van der Waals surface area contributed by atoms with Crippen molar-refractivity contribution in [3.8, 4) is 0 Å². The summed E-state index contributed by atoms with van der Waals surface area (Å²) in [7, 11) is 0. The first-order chi connectivity index (χ1) is 14.0. The summed E-state index contributed by atoms with van der Waals surface area (Å²) in [5.41, 5.74) is 1.77. The monoisotopic (exact) mass is 473 g/mol. The molecule has 0 saturated heterocycles. The van der Waals surface area contributed by atoms with E-state index in [1.807, 2.05) is 37.3 Å². The van der Waals surface area contributed by atoms with Gasteiger partial charge < -0.3 is 5.32 Å². The Hall–Kier alpha value is -2.12. The molecule has 1 aromatic heterocycles. The third-order valence-corrected chi connectivity index (χ3v) is 6.10. The highest BCUT2D eigenvalue weighted by Crippen LogP contribution is 2.21. The Labute approximate surface area is 183 Å². The number of nitrogens with one attached hydrogen (secondary N) is 1. The highest BCUT2D eigenvalue weighted by atomic mass is 79.9. The van der Waals surface area contributed by atoms with Crippen LogP contribution in [0.2, 0.25) is 0 Å². The van der Waals surface area contributed by atoms with Crippen LogP contribution < -0.4 is 10.9 Å². The summed E-state index contributed by atoms with van der Waals surface area (Å²) >= 11 is 4.71. The molecule has 0 aliphatic heterocycles. The van der Waals surface area contributed by atoms with Crippen molar-refractivity contribution in [2.45, 2.75) is 37.9 Å². The Morgan fingerprint density at radius 3 is 2.72 bits per heavy atom. The largest absolute Gasteiger partial charge is 0.355 e. The standard InChI is InChI=1S/C22H24BrN3O2S/c1-3-11-26-21(28)18-12-17(23)9-10-19(18)25-22(26)29-14-20(27)24-13-15(2)16-7-5-4-6-8-16/h4-10,12,15H,3,11,13-14H2,1-2H3,(H,24,27). The quantitative estimate of drug-likeness (QED) is 0.384. The molecule has 2 aromatic carbocycles. The van der Waals surface area contributed by atoms with Crippen LogP contribution in [0.5, 0.6) is 0 Å². The predicted octanol–water partition coefficient (Wildman–Crippen LogP) is 4.58. The number of benzene rings is 2. The van der Waals surface area contributed by atoms with Crippen molar-refractivity contribution in [2.75, 3.05) is 12.3 Å². The fourth-order valence-electron chi connectivity index (χ4n) is 3.05. The van der Waals surface area contributed by atoms with Gasteiger partial charge in [-0.1, -0.05) is 71.9 Å². The highest BCUT2D eigenvalue weighted by Gasteiger charge is 2.14. The molecule has 0 radical (unpaired) electrons. The number of hydrogen-bond acceptors (Lipinski definition) is 4. The summed E-state index contributed by atoms with van der Waals surface area (Å²) in [5, 5.41) is 4.14. The molecule has 7 heteroatoms. The average molecular weight is 474 g/mol. The van der Waals surface area contributed by atoms with E-state index in [9.17, 15) is 9.59 Å². The minimum absolute atomic E-state index is 0.0639. The molecule has 29 heavy (non-hydrogen) atoms. The summed E-state index contributed by atoms with van der Waals surface area (Å²) in [6.45, 7) is 5.25. The van der Waals surface area contributed by atoms with Gasteiger partial charge >= 0.3 is 0 Å². The lowest BCUT2D eigenvalue weighted by molar-refractivity contribution is -0.118. The molecule has 0 spiro atoms. The summed E-state index contributed by atoms with van der Waals surface area (Å²) in [4.78, 5) is 29.9. The smallest absolute Gasteiger partial charge is 0.262 e. The molecule has 3 aromatic rings. The molecule has 1 N–H and O–H groups in total. The molecule has 0 aliphatic carbocycles. The molecule has 1 atom stereocenters. The lowest BCUT2D eigenvalue weighted by Gasteiger charge is -2.14. The minimum Gasteiger partial charge on any atom is -0.355 e. The number of aromatic nitrogens is 2. The van der Waals surface area contributed by atoms with Gasteiger partial charge in [-0.25, -0.2) is 4.98 Å². The van der Waals surface area contributed by atoms with Crippen LogP contribution in [0.25, 0.3) is 10.9 Å². The Morgan fingerprint density at radius 2 is 2.00 bits per heavy atom. The molecule has 1 amide bonds. The number of carbonyl (C=O) groups excluding carboxylic acids is 1. The van der Waals surface area contributed by atoms with Crippen LogP contribution in [0.15, 0.2) is 63.0 Å². The number of carbonyl (C=O) groups is 1. The molecular weight excluding hydrogens is 450 g/mol. The third-order valence-electron chi connectivity index (χ3n) is 4.63. The van der Waals surface area contributed by atoms with E-state index in [0.717, 1.165) is 10.9 Å². The van der Waals surface area contributed by atoms with Crippen LogP contribution in [0.3, 0.4) is 0 Å². The summed E-state index contributed by atoms with van der Waals surface area (Å²) in [6, 6.07) is 15.6. The van der Waals surface area contributed by atoms with Gasteiger partial charge in [-0.2, -0.15) is 0 Å². The van der Waals surface area contributed by atoms with Gasteiger partial charge in [0.15, 0.2) is 5.16 Å². The first kappa shape index (κ1) is 21.6. The molecule has 3 rings (SSSR count). The van der Waals surface area contributed by atoms with Crippen molar-refractivity contribution in [1.82, 2.24) is 14.9 Å². The average Bonchev–Trinajstić information content (AvgIpc) is 2.74. The van der Waals surface area contributed by atoms with E-state index in [2.05, 4.69) is 45.3 Å². The molecule has 1 unspecified atom stereocenters. The fraction of sp³-hybridized carbons (Fsp3) is 0.318. The van der Waals surface area contributed by atoms with Gasteiger partial charge in [0.1, 0.15) is 0 Å². The van der Waals surface area contributed by atoms with Crippen LogP contribution in [0, 0.1) is 0 Å². The number of rotatable bonds is 8. The maximum Gasteiger partial charge on any atom is 0.262 e. The molecule has 5 nitrogen and oxygen atoms in total. The number of nitrogens with zero attached hydrogens (tertiary/aromatic N) is 2. The van der Waals surface area contributed by atoms with Crippen LogP contribution in [-0.2, 0) is 11.3 Å². The van der Waals surface area contributed by atoms with Gasteiger partial charge in [-0.05, 0) is 36.1 Å². The summed E-state index contributed by atoms with van der Waals surface area (Å²) in [5.74, 6) is 0.395. The zero-order chi connectivity index (χ0) is 20.8. The first-order valence-corrected chi connectivity index (χ1v) is 11.4. The zero-order valence-electron chi connectivity index (χ0n) is 16.5. The van der Waals surface area contributed by atoms with Gasteiger partial charge in [0, 0.05) is 17.6 Å². The molecule has 0 fully saturated rings. The van der Waals surface area contributed by atoms with Crippen molar-refractivity contribution in [3.05, 3.63) is 68.9 Å². The normalized spacial score (nSPS) is 12.1. The van der Waals surface area contributed by atoms with Crippen molar-refractivity contribution >= 4 is 44.5 Å². The number of halogens is 1. The first-order valence-electron chi connectivity index (χ1n) is 9.64. The number of hydrogen-bond donors (Lipinski definition) is 1. The lowest BCUT2D eigenvalue weighted by atomic mass is 10.0. The van der Waals surface area contributed by atoms with E-state index in [-0.39, 0.29) is 23.1 Å².